The van der Waals surface area contributed by atoms with Crippen LogP contribution in [0.1, 0.15) is 38.1 Å². The SMILES string of the molecule is O=C(O)Cn1c(=O)n(C2CCCCC2)c2ccncc21. The minimum absolute atomic E-state index is 0.177. The summed E-state index contributed by atoms with van der Waals surface area (Å²) in [5.41, 5.74) is 1.16. The molecule has 0 unspecified atom stereocenters. The van der Waals surface area contributed by atoms with Gasteiger partial charge < -0.3 is 5.11 Å². The highest BCUT2D eigenvalue weighted by Crippen LogP contribution is 2.29. The van der Waals surface area contributed by atoms with E-state index in [1.165, 1.54) is 11.0 Å². The molecule has 0 atom stereocenters. The summed E-state index contributed by atoms with van der Waals surface area (Å²) in [6, 6.07) is 1.97. The fraction of sp³-hybridized carbons (Fsp3) is 0.500. The summed E-state index contributed by atoms with van der Waals surface area (Å²) in [4.78, 5) is 27.5. The maximum absolute atomic E-state index is 12.6. The summed E-state index contributed by atoms with van der Waals surface area (Å²) < 4.78 is 3.07. The number of carboxylic acid groups (broad SMARTS) is 1. The Morgan fingerprint density at radius 2 is 2.05 bits per heavy atom. The number of hydrogen-bond donors (Lipinski definition) is 1. The van der Waals surface area contributed by atoms with Crippen molar-refractivity contribution < 1.29 is 9.90 Å². The molecule has 1 aliphatic rings. The number of aliphatic carboxylic acids is 1. The molecule has 2 aromatic rings. The summed E-state index contributed by atoms with van der Waals surface area (Å²) in [5.74, 6) is -1.02. The lowest BCUT2D eigenvalue weighted by Crippen LogP contribution is -2.30. The lowest BCUT2D eigenvalue weighted by atomic mass is 9.95. The number of carbonyl (C=O) groups is 1. The topological polar surface area (TPSA) is 77.1 Å². The van der Waals surface area contributed by atoms with Crippen LogP contribution in [0, 0.1) is 0 Å². The van der Waals surface area contributed by atoms with E-state index in [1.807, 2.05) is 0 Å². The number of pyridine rings is 1. The van der Waals surface area contributed by atoms with Gasteiger partial charge in [0.1, 0.15) is 6.54 Å². The first-order valence-electron chi connectivity index (χ1n) is 6.95. The normalized spacial score (nSPS) is 16.6. The van der Waals surface area contributed by atoms with Crippen molar-refractivity contribution in [1.82, 2.24) is 14.1 Å². The largest absolute Gasteiger partial charge is 0.480 e. The van der Waals surface area contributed by atoms with Crippen LogP contribution < -0.4 is 5.69 Å². The standard InChI is InChI=1S/C14H17N3O3/c18-13(19)9-16-12-8-15-7-6-11(12)17(14(16)20)10-4-2-1-3-5-10/h6-8,10H,1-5,9H2,(H,18,19). The maximum Gasteiger partial charge on any atom is 0.329 e. The summed E-state index contributed by atoms with van der Waals surface area (Å²) in [5, 5.41) is 8.98. The Kier molecular flexibility index (Phi) is 3.30. The minimum Gasteiger partial charge on any atom is -0.480 e. The molecule has 6 nitrogen and oxygen atoms in total. The zero-order chi connectivity index (χ0) is 14.1. The predicted octanol–water partition coefficient (Wildman–Crippen LogP) is 1.79. The van der Waals surface area contributed by atoms with Crippen molar-refractivity contribution in [3.63, 3.8) is 0 Å². The third-order valence-corrected chi connectivity index (χ3v) is 4.00. The Bertz CT molecular complexity index is 695. The molecule has 0 aliphatic heterocycles. The average Bonchev–Trinajstić information content (AvgIpc) is 2.72. The van der Waals surface area contributed by atoms with E-state index in [4.69, 9.17) is 5.11 Å². The van der Waals surface area contributed by atoms with Crippen molar-refractivity contribution in [2.75, 3.05) is 0 Å². The van der Waals surface area contributed by atoms with Crippen molar-refractivity contribution in [2.24, 2.45) is 0 Å². The van der Waals surface area contributed by atoms with Crippen LogP contribution in [0.5, 0.6) is 0 Å². The number of hydrogen-bond acceptors (Lipinski definition) is 3. The fourth-order valence-corrected chi connectivity index (χ4v) is 3.11. The van der Waals surface area contributed by atoms with E-state index in [0.29, 0.717) is 5.52 Å². The molecule has 106 valence electrons. The molecule has 6 heteroatoms. The average molecular weight is 275 g/mol. The molecular weight excluding hydrogens is 258 g/mol. The number of carboxylic acids is 1. The van der Waals surface area contributed by atoms with Crippen LogP contribution in [0.4, 0.5) is 0 Å². The molecular formula is C14H17N3O3. The fourth-order valence-electron chi connectivity index (χ4n) is 3.11. The Morgan fingerprint density at radius 1 is 1.30 bits per heavy atom. The highest BCUT2D eigenvalue weighted by Gasteiger charge is 2.22. The van der Waals surface area contributed by atoms with Crippen LogP contribution in [0.25, 0.3) is 11.0 Å². The number of rotatable bonds is 3. The molecule has 0 amide bonds. The van der Waals surface area contributed by atoms with Gasteiger partial charge in [-0.1, -0.05) is 19.3 Å². The van der Waals surface area contributed by atoms with Gasteiger partial charge in [0, 0.05) is 12.2 Å². The highest BCUT2D eigenvalue weighted by atomic mass is 16.4. The Hall–Kier alpha value is -2.11. The van der Waals surface area contributed by atoms with E-state index in [9.17, 15) is 9.59 Å². The maximum atomic E-state index is 12.6. The molecule has 20 heavy (non-hydrogen) atoms. The van der Waals surface area contributed by atoms with Gasteiger partial charge in [-0.2, -0.15) is 0 Å². The second kappa shape index (κ2) is 5.11. The first-order chi connectivity index (χ1) is 9.68. The minimum atomic E-state index is -1.02. The smallest absolute Gasteiger partial charge is 0.329 e. The lowest BCUT2D eigenvalue weighted by molar-refractivity contribution is -0.137. The molecule has 1 aliphatic carbocycles. The van der Waals surface area contributed by atoms with Gasteiger partial charge in [0.25, 0.3) is 0 Å². The van der Waals surface area contributed by atoms with Gasteiger partial charge in [-0.15, -0.1) is 0 Å². The molecule has 0 bridgehead atoms. The molecule has 3 rings (SSSR count). The van der Waals surface area contributed by atoms with Gasteiger partial charge in [-0.3, -0.25) is 18.9 Å². The lowest BCUT2D eigenvalue weighted by Gasteiger charge is -2.22. The molecule has 1 saturated carbocycles. The third-order valence-electron chi connectivity index (χ3n) is 4.00. The zero-order valence-electron chi connectivity index (χ0n) is 11.2. The van der Waals surface area contributed by atoms with E-state index in [2.05, 4.69) is 4.98 Å². The van der Waals surface area contributed by atoms with E-state index in [0.717, 1.165) is 31.2 Å². The van der Waals surface area contributed by atoms with Gasteiger partial charge in [-0.05, 0) is 18.9 Å². The Balaban J connectivity index is 2.18. The monoisotopic (exact) mass is 275 g/mol. The molecule has 0 spiro atoms. The highest BCUT2D eigenvalue weighted by molar-refractivity contribution is 5.77. The van der Waals surface area contributed by atoms with Crippen LogP contribution in [0.2, 0.25) is 0 Å². The van der Waals surface area contributed by atoms with Crippen LogP contribution in [-0.4, -0.2) is 25.2 Å². The van der Waals surface area contributed by atoms with E-state index >= 15 is 0 Å². The molecule has 1 N–H and O–H groups in total. The van der Waals surface area contributed by atoms with Crippen LogP contribution in [0.3, 0.4) is 0 Å². The summed E-state index contributed by atoms with van der Waals surface area (Å²) in [6.45, 7) is -0.319. The molecule has 1 fully saturated rings. The van der Waals surface area contributed by atoms with Gasteiger partial charge in [-0.25, -0.2) is 4.79 Å². The molecule has 2 heterocycles. The molecule has 0 aromatic carbocycles. The van der Waals surface area contributed by atoms with Crippen LogP contribution in [0.15, 0.2) is 23.3 Å². The van der Waals surface area contributed by atoms with Gasteiger partial charge in [0.2, 0.25) is 0 Å². The Morgan fingerprint density at radius 3 is 2.75 bits per heavy atom. The van der Waals surface area contributed by atoms with E-state index < -0.39 is 5.97 Å². The first kappa shape index (κ1) is 12.9. The quantitative estimate of drug-likeness (QED) is 0.926. The predicted molar refractivity (Wildman–Crippen MR) is 73.8 cm³/mol. The van der Waals surface area contributed by atoms with Crippen molar-refractivity contribution in [3.05, 3.63) is 28.9 Å². The molecule has 0 radical (unpaired) electrons. The first-order valence-corrected chi connectivity index (χ1v) is 6.95. The number of aromatic nitrogens is 3. The zero-order valence-corrected chi connectivity index (χ0v) is 11.2. The second-order valence-electron chi connectivity index (χ2n) is 5.29. The van der Waals surface area contributed by atoms with Gasteiger partial charge in [0.05, 0.1) is 17.2 Å². The van der Waals surface area contributed by atoms with E-state index in [-0.39, 0.29) is 18.3 Å². The molecule has 0 saturated heterocycles. The number of imidazole rings is 1. The number of fused-ring (bicyclic) bond motifs is 1. The van der Waals surface area contributed by atoms with Gasteiger partial charge in [0.15, 0.2) is 0 Å². The van der Waals surface area contributed by atoms with Crippen LogP contribution >= 0.6 is 0 Å². The van der Waals surface area contributed by atoms with Crippen LogP contribution in [-0.2, 0) is 11.3 Å². The van der Waals surface area contributed by atoms with Crippen molar-refractivity contribution in [2.45, 2.75) is 44.7 Å². The van der Waals surface area contributed by atoms with Crippen molar-refractivity contribution in [1.29, 1.82) is 0 Å². The summed E-state index contributed by atoms with van der Waals surface area (Å²) >= 11 is 0. The summed E-state index contributed by atoms with van der Waals surface area (Å²) in [6.07, 6.45) is 8.62. The van der Waals surface area contributed by atoms with E-state index in [1.54, 1.807) is 23.0 Å². The van der Waals surface area contributed by atoms with Gasteiger partial charge >= 0.3 is 11.7 Å². The third kappa shape index (κ3) is 2.11. The Labute approximate surface area is 115 Å². The van der Waals surface area contributed by atoms with Crippen molar-refractivity contribution >= 4 is 17.0 Å². The summed E-state index contributed by atoms with van der Waals surface area (Å²) in [7, 11) is 0. The number of nitrogens with zero attached hydrogens (tertiary/aromatic N) is 3. The molecule has 2 aromatic heterocycles. The second-order valence-corrected chi connectivity index (χ2v) is 5.29. The van der Waals surface area contributed by atoms with Crippen molar-refractivity contribution in [3.8, 4) is 0 Å².